The number of hydrazine groups is 1. The van der Waals surface area contributed by atoms with E-state index in [0.717, 1.165) is 31.2 Å². The van der Waals surface area contributed by atoms with Crippen LogP contribution < -0.4 is 16.6 Å². The molecule has 1 aromatic rings. The van der Waals surface area contributed by atoms with Crippen molar-refractivity contribution in [2.24, 2.45) is 5.73 Å². The molecule has 1 aromatic carbocycles. The van der Waals surface area contributed by atoms with Crippen LogP contribution in [0.3, 0.4) is 0 Å². The number of carbonyl (C=O) groups is 2. The maximum Gasteiger partial charge on any atom is 0.234 e. The van der Waals surface area contributed by atoms with Gasteiger partial charge >= 0.3 is 0 Å². The molecule has 5 nitrogen and oxygen atoms in total. The molecule has 1 unspecified atom stereocenters. The number of hydrogen-bond donors (Lipinski definition) is 3. The number of amides is 2. The quantitative estimate of drug-likeness (QED) is 0.454. The van der Waals surface area contributed by atoms with Crippen LogP contribution in [0.2, 0.25) is 0 Å². The van der Waals surface area contributed by atoms with Crippen LogP contribution in [0.1, 0.15) is 50.5 Å². The SMILES string of the molecule is CCNNC(=O)CCCCCC(C(N)=O)c1ccccc1. The second kappa shape index (κ2) is 9.94. The van der Waals surface area contributed by atoms with Gasteiger partial charge in [0.25, 0.3) is 0 Å². The standard InChI is InChI=1S/C16H25N3O2/c1-2-18-19-15(20)12-8-4-7-11-14(16(17)21)13-9-5-3-6-10-13/h3,5-6,9-10,14,18H,2,4,7-8,11-12H2,1H3,(H2,17,21)(H,19,20). The van der Waals surface area contributed by atoms with Crippen LogP contribution in [-0.2, 0) is 9.59 Å². The van der Waals surface area contributed by atoms with Gasteiger partial charge in [-0.05, 0) is 18.4 Å². The lowest BCUT2D eigenvalue weighted by Crippen LogP contribution is -2.36. The van der Waals surface area contributed by atoms with Crippen LogP contribution in [0.4, 0.5) is 0 Å². The van der Waals surface area contributed by atoms with E-state index >= 15 is 0 Å². The number of unbranched alkanes of at least 4 members (excludes halogenated alkanes) is 2. The Hall–Kier alpha value is -1.88. The summed E-state index contributed by atoms with van der Waals surface area (Å²) in [5, 5.41) is 0. The van der Waals surface area contributed by atoms with Crippen LogP contribution in [0.15, 0.2) is 30.3 Å². The minimum atomic E-state index is -0.286. The van der Waals surface area contributed by atoms with Crippen molar-refractivity contribution in [1.82, 2.24) is 10.9 Å². The van der Waals surface area contributed by atoms with Gasteiger partial charge in [0.15, 0.2) is 0 Å². The number of hydrogen-bond acceptors (Lipinski definition) is 3. The number of nitrogens with one attached hydrogen (secondary N) is 2. The normalized spacial score (nSPS) is 11.9. The van der Waals surface area contributed by atoms with Crippen LogP contribution in [0.5, 0.6) is 0 Å². The van der Waals surface area contributed by atoms with E-state index < -0.39 is 0 Å². The summed E-state index contributed by atoms with van der Waals surface area (Å²) in [5.41, 5.74) is 11.8. The molecule has 116 valence electrons. The summed E-state index contributed by atoms with van der Waals surface area (Å²) in [6, 6.07) is 9.61. The fourth-order valence-electron chi connectivity index (χ4n) is 2.22. The third kappa shape index (κ3) is 6.90. The first-order chi connectivity index (χ1) is 10.1. The van der Waals surface area contributed by atoms with E-state index in [9.17, 15) is 9.59 Å². The molecule has 4 N–H and O–H groups in total. The van der Waals surface area contributed by atoms with Crippen LogP contribution >= 0.6 is 0 Å². The fourth-order valence-corrected chi connectivity index (χ4v) is 2.22. The second-order valence-electron chi connectivity index (χ2n) is 5.04. The summed E-state index contributed by atoms with van der Waals surface area (Å²) in [7, 11) is 0. The molecule has 0 bridgehead atoms. The highest BCUT2D eigenvalue weighted by Gasteiger charge is 2.16. The van der Waals surface area contributed by atoms with Crippen molar-refractivity contribution in [3.05, 3.63) is 35.9 Å². The molecule has 1 rings (SSSR count). The zero-order chi connectivity index (χ0) is 15.5. The first kappa shape index (κ1) is 17.2. The number of nitrogens with two attached hydrogens (primary N) is 1. The van der Waals surface area contributed by atoms with Gasteiger partial charge in [0.05, 0.1) is 5.92 Å². The third-order valence-corrected chi connectivity index (χ3v) is 3.35. The maximum absolute atomic E-state index is 11.5. The highest BCUT2D eigenvalue weighted by molar-refractivity contribution is 5.81. The summed E-state index contributed by atoms with van der Waals surface area (Å²) in [6.45, 7) is 2.64. The van der Waals surface area contributed by atoms with Gasteiger partial charge < -0.3 is 5.73 Å². The van der Waals surface area contributed by atoms with Crippen LogP contribution in [0, 0.1) is 0 Å². The second-order valence-corrected chi connectivity index (χ2v) is 5.04. The first-order valence-corrected chi connectivity index (χ1v) is 7.51. The van der Waals surface area contributed by atoms with E-state index in [-0.39, 0.29) is 17.7 Å². The van der Waals surface area contributed by atoms with E-state index in [1.54, 1.807) is 0 Å². The van der Waals surface area contributed by atoms with Crippen molar-refractivity contribution in [1.29, 1.82) is 0 Å². The Morgan fingerprint density at radius 2 is 1.86 bits per heavy atom. The lowest BCUT2D eigenvalue weighted by Gasteiger charge is -2.13. The largest absolute Gasteiger partial charge is 0.369 e. The van der Waals surface area contributed by atoms with Gasteiger partial charge in [-0.25, -0.2) is 5.43 Å². The van der Waals surface area contributed by atoms with Crippen molar-refractivity contribution in [2.75, 3.05) is 6.54 Å². The molecule has 0 aliphatic carbocycles. The molecule has 0 aromatic heterocycles. The van der Waals surface area contributed by atoms with E-state index in [2.05, 4.69) is 10.9 Å². The lowest BCUT2D eigenvalue weighted by molar-refractivity contribution is -0.122. The molecule has 0 fully saturated rings. The number of carbonyl (C=O) groups excluding carboxylic acids is 2. The number of primary amides is 1. The molecule has 0 saturated heterocycles. The Kier molecular flexibility index (Phi) is 8.12. The van der Waals surface area contributed by atoms with Gasteiger partial charge in [-0.15, -0.1) is 0 Å². The molecule has 0 spiro atoms. The predicted octanol–water partition coefficient (Wildman–Crippen LogP) is 1.85. The number of benzene rings is 1. The summed E-state index contributed by atoms with van der Waals surface area (Å²) < 4.78 is 0. The fraction of sp³-hybridized carbons (Fsp3) is 0.500. The monoisotopic (exact) mass is 291 g/mol. The van der Waals surface area contributed by atoms with Crippen LogP contribution in [-0.4, -0.2) is 18.4 Å². The minimum absolute atomic E-state index is 0.00589. The van der Waals surface area contributed by atoms with Crippen molar-refractivity contribution < 1.29 is 9.59 Å². The van der Waals surface area contributed by atoms with Crippen LogP contribution in [0.25, 0.3) is 0 Å². The topological polar surface area (TPSA) is 84.2 Å². The summed E-state index contributed by atoms with van der Waals surface area (Å²) in [5.74, 6) is -0.515. The van der Waals surface area contributed by atoms with Gasteiger partial charge in [-0.3, -0.25) is 15.0 Å². The molecule has 0 radical (unpaired) electrons. The summed E-state index contributed by atoms with van der Waals surface area (Å²) >= 11 is 0. The van der Waals surface area contributed by atoms with Crippen molar-refractivity contribution in [3.63, 3.8) is 0 Å². The van der Waals surface area contributed by atoms with Crippen molar-refractivity contribution in [2.45, 2.75) is 44.9 Å². The minimum Gasteiger partial charge on any atom is -0.369 e. The van der Waals surface area contributed by atoms with E-state index in [0.29, 0.717) is 13.0 Å². The molecular formula is C16H25N3O2. The maximum atomic E-state index is 11.5. The highest BCUT2D eigenvalue weighted by Crippen LogP contribution is 2.22. The van der Waals surface area contributed by atoms with E-state index in [1.165, 1.54) is 0 Å². The summed E-state index contributed by atoms with van der Waals surface area (Å²) in [4.78, 5) is 22.9. The average molecular weight is 291 g/mol. The van der Waals surface area contributed by atoms with E-state index in [4.69, 9.17) is 5.73 Å². The highest BCUT2D eigenvalue weighted by atomic mass is 16.2. The Morgan fingerprint density at radius 3 is 2.48 bits per heavy atom. The zero-order valence-corrected chi connectivity index (χ0v) is 12.6. The number of rotatable bonds is 10. The van der Waals surface area contributed by atoms with Gasteiger partial charge in [0, 0.05) is 13.0 Å². The molecule has 1 atom stereocenters. The molecular weight excluding hydrogens is 266 g/mol. The third-order valence-electron chi connectivity index (χ3n) is 3.35. The predicted molar refractivity (Wildman–Crippen MR) is 83.3 cm³/mol. The molecule has 0 heterocycles. The van der Waals surface area contributed by atoms with Gasteiger partial charge in [0.1, 0.15) is 0 Å². The molecule has 0 saturated carbocycles. The lowest BCUT2D eigenvalue weighted by atomic mass is 9.92. The molecule has 21 heavy (non-hydrogen) atoms. The van der Waals surface area contributed by atoms with Crippen molar-refractivity contribution in [3.8, 4) is 0 Å². The molecule has 0 aliphatic heterocycles. The smallest absolute Gasteiger partial charge is 0.234 e. The van der Waals surface area contributed by atoms with Gasteiger partial charge in [-0.1, -0.05) is 50.1 Å². The van der Waals surface area contributed by atoms with Gasteiger partial charge in [0.2, 0.25) is 11.8 Å². The van der Waals surface area contributed by atoms with E-state index in [1.807, 2.05) is 37.3 Å². The molecule has 0 aliphatic rings. The zero-order valence-electron chi connectivity index (χ0n) is 12.6. The Bertz CT molecular complexity index is 434. The summed E-state index contributed by atoms with van der Waals surface area (Å²) in [6.07, 6.45) is 3.85. The Labute approximate surface area is 126 Å². The Morgan fingerprint density at radius 1 is 1.14 bits per heavy atom. The average Bonchev–Trinajstić information content (AvgIpc) is 2.49. The van der Waals surface area contributed by atoms with Crippen molar-refractivity contribution >= 4 is 11.8 Å². The van der Waals surface area contributed by atoms with Gasteiger partial charge in [-0.2, -0.15) is 0 Å². The first-order valence-electron chi connectivity index (χ1n) is 7.51. The molecule has 2 amide bonds. The Balaban J connectivity index is 2.26. The molecule has 5 heteroatoms.